The van der Waals surface area contributed by atoms with E-state index < -0.39 is 17.8 Å². The van der Waals surface area contributed by atoms with Crippen LogP contribution in [-0.2, 0) is 17.5 Å². The topological polar surface area (TPSA) is 59.8 Å². The van der Waals surface area contributed by atoms with Crippen molar-refractivity contribution in [1.82, 2.24) is 14.8 Å². The van der Waals surface area contributed by atoms with Gasteiger partial charge in [0, 0.05) is 11.4 Å². The predicted molar refractivity (Wildman–Crippen MR) is 83.5 cm³/mol. The van der Waals surface area contributed by atoms with E-state index in [9.17, 15) is 18.0 Å². The lowest BCUT2D eigenvalue weighted by Crippen LogP contribution is -2.26. The minimum atomic E-state index is -4.50. The lowest BCUT2D eigenvalue weighted by molar-refractivity contribution is -0.141. The first kappa shape index (κ1) is 18.0. The standard InChI is InChI=1S/C16H19F3N4O/c1-9-5-11(3)20-14(6-9)21-15(24)10(2)8-23-12(4)7-13(22-23)16(17,18)19/h5-7,10H,8H2,1-4H3,(H,20,21,24). The number of hydrogen-bond acceptors (Lipinski definition) is 3. The first-order valence-corrected chi connectivity index (χ1v) is 7.44. The van der Waals surface area contributed by atoms with Crippen LogP contribution in [0, 0.1) is 26.7 Å². The van der Waals surface area contributed by atoms with E-state index in [0.29, 0.717) is 11.5 Å². The highest BCUT2D eigenvalue weighted by atomic mass is 19.4. The zero-order chi connectivity index (χ0) is 18.1. The molecule has 2 aromatic rings. The number of nitrogens with one attached hydrogen (secondary N) is 1. The second-order valence-corrected chi connectivity index (χ2v) is 5.91. The van der Waals surface area contributed by atoms with Crippen molar-refractivity contribution >= 4 is 11.7 Å². The van der Waals surface area contributed by atoms with Crippen LogP contribution in [0.3, 0.4) is 0 Å². The number of carbonyl (C=O) groups is 1. The molecule has 0 aromatic carbocycles. The average Bonchev–Trinajstić information content (AvgIpc) is 2.79. The summed E-state index contributed by atoms with van der Waals surface area (Å²) in [7, 11) is 0. The van der Waals surface area contributed by atoms with E-state index in [0.717, 1.165) is 17.3 Å². The Morgan fingerprint density at radius 3 is 2.46 bits per heavy atom. The quantitative estimate of drug-likeness (QED) is 0.927. The summed E-state index contributed by atoms with van der Waals surface area (Å²) in [6.07, 6.45) is -4.50. The molecule has 2 aromatic heterocycles. The van der Waals surface area contributed by atoms with Gasteiger partial charge in [-0.25, -0.2) is 4.98 Å². The summed E-state index contributed by atoms with van der Waals surface area (Å²) in [5.41, 5.74) is 1.13. The van der Waals surface area contributed by atoms with Gasteiger partial charge in [-0.3, -0.25) is 9.48 Å². The maximum Gasteiger partial charge on any atom is 0.435 e. The molecular weight excluding hydrogens is 321 g/mol. The van der Waals surface area contributed by atoms with Crippen molar-refractivity contribution in [2.45, 2.75) is 40.4 Å². The number of aromatic nitrogens is 3. The normalized spacial score (nSPS) is 13.0. The molecule has 0 aliphatic rings. The van der Waals surface area contributed by atoms with Crippen LogP contribution in [0.2, 0.25) is 0 Å². The number of anilines is 1. The smallest absolute Gasteiger partial charge is 0.310 e. The average molecular weight is 340 g/mol. The van der Waals surface area contributed by atoms with Crippen molar-refractivity contribution in [1.29, 1.82) is 0 Å². The van der Waals surface area contributed by atoms with Gasteiger partial charge in [-0.2, -0.15) is 18.3 Å². The summed E-state index contributed by atoms with van der Waals surface area (Å²) in [4.78, 5) is 16.5. The second-order valence-electron chi connectivity index (χ2n) is 5.91. The van der Waals surface area contributed by atoms with Crippen LogP contribution in [0.25, 0.3) is 0 Å². The van der Waals surface area contributed by atoms with Crippen molar-refractivity contribution in [2.24, 2.45) is 5.92 Å². The molecule has 2 heterocycles. The summed E-state index contributed by atoms with van der Waals surface area (Å²) in [5, 5.41) is 6.22. The molecule has 1 amide bonds. The van der Waals surface area contributed by atoms with Gasteiger partial charge in [0.15, 0.2) is 5.69 Å². The van der Waals surface area contributed by atoms with E-state index in [1.807, 2.05) is 19.9 Å². The Morgan fingerprint density at radius 1 is 1.25 bits per heavy atom. The Bertz CT molecular complexity index is 732. The van der Waals surface area contributed by atoms with Crippen LogP contribution >= 0.6 is 0 Å². The summed E-state index contributed by atoms with van der Waals surface area (Å²) in [6.45, 7) is 6.92. The van der Waals surface area contributed by atoms with Gasteiger partial charge in [-0.1, -0.05) is 6.92 Å². The zero-order valence-corrected chi connectivity index (χ0v) is 13.9. The molecule has 0 radical (unpaired) electrons. The third kappa shape index (κ3) is 4.33. The Labute approximate surface area is 137 Å². The molecule has 1 atom stereocenters. The van der Waals surface area contributed by atoms with Crippen LogP contribution in [0.4, 0.5) is 19.0 Å². The third-order valence-electron chi connectivity index (χ3n) is 3.52. The Morgan fingerprint density at radius 2 is 1.92 bits per heavy atom. The Hall–Kier alpha value is -2.38. The van der Waals surface area contributed by atoms with Crippen molar-refractivity contribution < 1.29 is 18.0 Å². The fraction of sp³-hybridized carbons (Fsp3) is 0.438. The largest absolute Gasteiger partial charge is 0.435 e. The van der Waals surface area contributed by atoms with E-state index in [1.165, 1.54) is 11.6 Å². The van der Waals surface area contributed by atoms with Crippen LogP contribution in [-0.4, -0.2) is 20.7 Å². The molecular formula is C16H19F3N4O. The highest BCUT2D eigenvalue weighted by molar-refractivity contribution is 5.91. The van der Waals surface area contributed by atoms with Gasteiger partial charge in [0.05, 0.1) is 12.5 Å². The summed E-state index contributed by atoms with van der Waals surface area (Å²) >= 11 is 0. The predicted octanol–water partition coefficient (Wildman–Crippen LogP) is 3.50. The minimum Gasteiger partial charge on any atom is -0.310 e. The molecule has 1 N–H and O–H groups in total. The van der Waals surface area contributed by atoms with Gasteiger partial charge < -0.3 is 5.32 Å². The fourth-order valence-corrected chi connectivity index (χ4v) is 2.33. The van der Waals surface area contributed by atoms with Gasteiger partial charge >= 0.3 is 6.18 Å². The molecule has 1 unspecified atom stereocenters. The van der Waals surface area contributed by atoms with Gasteiger partial charge in [0.25, 0.3) is 0 Å². The van der Waals surface area contributed by atoms with Crippen molar-refractivity contribution in [3.05, 3.63) is 40.8 Å². The summed E-state index contributed by atoms with van der Waals surface area (Å²) in [6, 6.07) is 4.58. The number of hydrogen-bond donors (Lipinski definition) is 1. The first-order chi connectivity index (χ1) is 11.1. The molecule has 0 saturated carbocycles. The number of carbonyl (C=O) groups excluding carboxylic acids is 1. The molecule has 0 aliphatic carbocycles. The van der Waals surface area contributed by atoms with Crippen LogP contribution in [0.15, 0.2) is 18.2 Å². The minimum absolute atomic E-state index is 0.0541. The molecule has 5 nitrogen and oxygen atoms in total. The third-order valence-corrected chi connectivity index (χ3v) is 3.52. The maximum absolute atomic E-state index is 12.7. The van der Waals surface area contributed by atoms with Crippen LogP contribution < -0.4 is 5.32 Å². The van der Waals surface area contributed by atoms with Crippen molar-refractivity contribution in [2.75, 3.05) is 5.32 Å². The van der Waals surface area contributed by atoms with E-state index in [1.54, 1.807) is 13.0 Å². The molecule has 2 rings (SSSR count). The van der Waals surface area contributed by atoms with Gasteiger partial charge in [-0.05, 0) is 44.5 Å². The molecule has 8 heteroatoms. The van der Waals surface area contributed by atoms with Gasteiger partial charge in [0.2, 0.25) is 5.91 Å². The number of halogens is 3. The number of pyridine rings is 1. The molecule has 0 saturated heterocycles. The van der Waals surface area contributed by atoms with Gasteiger partial charge in [-0.15, -0.1) is 0 Å². The van der Waals surface area contributed by atoms with Crippen LogP contribution in [0.5, 0.6) is 0 Å². The van der Waals surface area contributed by atoms with Crippen molar-refractivity contribution in [3.63, 3.8) is 0 Å². The molecule has 0 spiro atoms. The zero-order valence-electron chi connectivity index (χ0n) is 13.9. The number of rotatable bonds is 4. The number of aryl methyl sites for hydroxylation is 3. The fourth-order valence-electron chi connectivity index (χ4n) is 2.33. The summed E-state index contributed by atoms with van der Waals surface area (Å²) in [5.74, 6) is -0.458. The van der Waals surface area contributed by atoms with E-state index in [2.05, 4.69) is 15.4 Å². The van der Waals surface area contributed by atoms with Gasteiger partial charge in [0.1, 0.15) is 5.82 Å². The molecule has 0 aliphatic heterocycles. The molecule has 24 heavy (non-hydrogen) atoms. The van der Waals surface area contributed by atoms with E-state index in [-0.39, 0.29) is 12.5 Å². The summed E-state index contributed by atoms with van der Waals surface area (Å²) < 4.78 is 39.2. The molecule has 130 valence electrons. The number of amides is 1. The highest BCUT2D eigenvalue weighted by Crippen LogP contribution is 2.28. The number of nitrogens with zero attached hydrogens (tertiary/aromatic N) is 3. The molecule has 0 fully saturated rings. The van der Waals surface area contributed by atoms with Crippen LogP contribution in [0.1, 0.15) is 29.6 Å². The van der Waals surface area contributed by atoms with E-state index >= 15 is 0 Å². The van der Waals surface area contributed by atoms with E-state index in [4.69, 9.17) is 0 Å². The maximum atomic E-state index is 12.7. The Kier molecular flexibility index (Phi) is 4.96. The lowest BCUT2D eigenvalue weighted by atomic mass is 10.1. The highest BCUT2D eigenvalue weighted by Gasteiger charge is 2.34. The Balaban J connectivity index is 2.08. The first-order valence-electron chi connectivity index (χ1n) is 7.44. The lowest BCUT2D eigenvalue weighted by Gasteiger charge is -2.13. The monoisotopic (exact) mass is 340 g/mol. The number of alkyl halides is 3. The SMILES string of the molecule is Cc1cc(C)nc(NC(=O)C(C)Cn2nc(C(F)(F)F)cc2C)c1. The second kappa shape index (κ2) is 6.62. The van der Waals surface area contributed by atoms with Crippen molar-refractivity contribution in [3.8, 4) is 0 Å². The molecule has 0 bridgehead atoms.